The van der Waals surface area contributed by atoms with Crippen LogP contribution in [-0.2, 0) is 4.79 Å². The van der Waals surface area contributed by atoms with Crippen molar-refractivity contribution in [3.63, 3.8) is 0 Å². The maximum absolute atomic E-state index is 11.8. The summed E-state index contributed by atoms with van der Waals surface area (Å²) in [6.45, 7) is 2.33. The average molecular weight is 274 g/mol. The zero-order chi connectivity index (χ0) is 15.1. The normalized spacial score (nSPS) is 9.65. The second-order valence-electron chi connectivity index (χ2n) is 4.47. The van der Waals surface area contributed by atoms with Crippen LogP contribution in [-0.4, -0.2) is 36.9 Å². The Balaban J connectivity index is 2.58. The number of hydrogen-bond acceptors (Lipinski definition) is 4. The first-order chi connectivity index (χ1) is 9.45. The number of nitrogens with two attached hydrogens (primary N) is 1. The molecule has 0 aliphatic heterocycles. The van der Waals surface area contributed by atoms with Crippen molar-refractivity contribution < 1.29 is 9.59 Å². The Morgan fingerprint density at radius 1 is 1.45 bits per heavy atom. The number of nitrogens with zero attached hydrogens (tertiary/aromatic N) is 2. The summed E-state index contributed by atoms with van der Waals surface area (Å²) < 4.78 is 0. The van der Waals surface area contributed by atoms with E-state index < -0.39 is 5.91 Å². The molecular weight excluding hydrogens is 256 g/mol. The lowest BCUT2D eigenvalue weighted by Crippen LogP contribution is -2.32. The number of likely N-dealkylation sites (N-methyl/N-ethyl adjacent to an activating group) is 1. The van der Waals surface area contributed by atoms with Gasteiger partial charge in [-0.1, -0.05) is 0 Å². The van der Waals surface area contributed by atoms with Gasteiger partial charge in [-0.25, -0.2) is 0 Å². The molecule has 0 heterocycles. The Bertz CT molecular complexity index is 549. The Morgan fingerprint density at radius 2 is 2.15 bits per heavy atom. The van der Waals surface area contributed by atoms with Crippen LogP contribution in [0.5, 0.6) is 0 Å². The predicted molar refractivity (Wildman–Crippen MR) is 76.1 cm³/mol. The molecule has 0 spiro atoms. The molecule has 0 fully saturated rings. The fraction of sp³-hybridized carbons (Fsp3) is 0.357. The van der Waals surface area contributed by atoms with Crippen LogP contribution >= 0.6 is 0 Å². The van der Waals surface area contributed by atoms with Crippen molar-refractivity contribution in [3.05, 3.63) is 29.3 Å². The molecule has 1 rings (SSSR count). The summed E-state index contributed by atoms with van der Waals surface area (Å²) in [6, 6.07) is 7.09. The van der Waals surface area contributed by atoms with Gasteiger partial charge in [0.15, 0.2) is 0 Å². The maximum Gasteiger partial charge on any atom is 0.248 e. The molecule has 0 aliphatic carbocycles. The minimum absolute atomic E-state index is 0.100. The van der Waals surface area contributed by atoms with E-state index in [0.717, 1.165) is 11.3 Å². The van der Waals surface area contributed by atoms with E-state index in [1.807, 2.05) is 6.07 Å². The van der Waals surface area contributed by atoms with E-state index >= 15 is 0 Å². The maximum atomic E-state index is 11.8. The minimum Gasteiger partial charge on any atom is -0.376 e. The molecule has 0 bridgehead atoms. The number of hydrogen-bond donors (Lipinski definition) is 2. The van der Waals surface area contributed by atoms with Crippen molar-refractivity contribution in [1.29, 1.82) is 5.26 Å². The molecule has 0 saturated carbocycles. The topological polar surface area (TPSA) is 99.2 Å². The number of aryl methyl sites for hydroxylation is 1. The highest BCUT2D eigenvalue weighted by molar-refractivity contribution is 5.94. The lowest BCUT2D eigenvalue weighted by atomic mass is 10.1. The van der Waals surface area contributed by atoms with E-state index in [9.17, 15) is 9.59 Å². The van der Waals surface area contributed by atoms with E-state index in [1.165, 1.54) is 4.90 Å². The van der Waals surface area contributed by atoms with Gasteiger partial charge in [0.05, 0.1) is 19.0 Å². The highest BCUT2D eigenvalue weighted by Gasteiger charge is 2.09. The largest absolute Gasteiger partial charge is 0.376 e. The highest BCUT2D eigenvalue weighted by Crippen LogP contribution is 2.14. The number of carbonyl (C=O) groups is 2. The predicted octanol–water partition coefficient (Wildman–Crippen LogP) is 0.878. The molecule has 1 aromatic rings. The molecule has 6 nitrogen and oxygen atoms in total. The van der Waals surface area contributed by atoms with E-state index in [4.69, 9.17) is 11.0 Å². The van der Waals surface area contributed by atoms with Gasteiger partial charge in [0.1, 0.15) is 0 Å². The van der Waals surface area contributed by atoms with E-state index in [1.54, 1.807) is 32.2 Å². The smallest absolute Gasteiger partial charge is 0.248 e. The van der Waals surface area contributed by atoms with Gasteiger partial charge in [-0.3, -0.25) is 9.59 Å². The molecule has 1 aromatic carbocycles. The summed E-state index contributed by atoms with van der Waals surface area (Å²) in [7, 11) is 1.66. The third kappa shape index (κ3) is 4.28. The van der Waals surface area contributed by atoms with Crippen LogP contribution in [0.4, 0.5) is 5.69 Å². The van der Waals surface area contributed by atoms with Gasteiger partial charge in [-0.2, -0.15) is 5.26 Å². The lowest BCUT2D eigenvalue weighted by molar-refractivity contribution is -0.127. The summed E-state index contributed by atoms with van der Waals surface area (Å²) in [4.78, 5) is 24.4. The van der Waals surface area contributed by atoms with E-state index in [2.05, 4.69) is 5.32 Å². The molecule has 0 unspecified atom stereocenters. The Labute approximate surface area is 118 Å². The van der Waals surface area contributed by atoms with Crippen LogP contribution in [0, 0.1) is 18.3 Å². The molecule has 0 aromatic heterocycles. The first kappa shape index (κ1) is 15.5. The number of nitriles is 1. The number of anilines is 1. The molecule has 2 amide bonds. The summed E-state index contributed by atoms with van der Waals surface area (Å²) in [5.41, 5.74) is 7.19. The van der Waals surface area contributed by atoms with Crippen LogP contribution in [0.3, 0.4) is 0 Å². The quantitative estimate of drug-likeness (QED) is 0.804. The van der Waals surface area contributed by atoms with Gasteiger partial charge in [0, 0.05) is 24.8 Å². The zero-order valence-electron chi connectivity index (χ0n) is 11.6. The van der Waals surface area contributed by atoms with Gasteiger partial charge in [-0.05, 0) is 30.7 Å². The van der Waals surface area contributed by atoms with Gasteiger partial charge in [0.25, 0.3) is 0 Å². The molecule has 0 radical (unpaired) electrons. The first-order valence-corrected chi connectivity index (χ1v) is 6.21. The van der Waals surface area contributed by atoms with Gasteiger partial charge >= 0.3 is 0 Å². The fourth-order valence-corrected chi connectivity index (χ4v) is 1.71. The van der Waals surface area contributed by atoms with Crippen molar-refractivity contribution in [2.75, 3.05) is 25.5 Å². The van der Waals surface area contributed by atoms with E-state index in [-0.39, 0.29) is 12.5 Å². The van der Waals surface area contributed by atoms with Crippen molar-refractivity contribution >= 4 is 17.5 Å². The van der Waals surface area contributed by atoms with Crippen molar-refractivity contribution in [3.8, 4) is 6.07 Å². The van der Waals surface area contributed by atoms with Crippen molar-refractivity contribution in [2.24, 2.45) is 5.73 Å². The third-order valence-electron chi connectivity index (χ3n) is 2.92. The van der Waals surface area contributed by atoms with Crippen LogP contribution in [0.15, 0.2) is 18.2 Å². The van der Waals surface area contributed by atoms with Gasteiger partial charge in [-0.15, -0.1) is 0 Å². The first-order valence-electron chi connectivity index (χ1n) is 6.21. The third-order valence-corrected chi connectivity index (χ3v) is 2.92. The van der Waals surface area contributed by atoms with Gasteiger partial charge in [0.2, 0.25) is 11.8 Å². The Hall–Kier alpha value is -2.55. The number of carbonyl (C=O) groups excluding carboxylic acids is 2. The van der Waals surface area contributed by atoms with Crippen LogP contribution in [0.2, 0.25) is 0 Å². The number of nitrogens with one attached hydrogen (secondary N) is 1. The summed E-state index contributed by atoms with van der Waals surface area (Å²) in [6.07, 6.45) is 0.314. The molecule has 0 saturated heterocycles. The summed E-state index contributed by atoms with van der Waals surface area (Å²) in [5.74, 6) is -0.571. The Kier molecular flexibility index (Phi) is 5.54. The Morgan fingerprint density at radius 3 is 2.70 bits per heavy atom. The van der Waals surface area contributed by atoms with Crippen LogP contribution in [0.25, 0.3) is 0 Å². The summed E-state index contributed by atoms with van der Waals surface area (Å²) >= 11 is 0. The van der Waals surface area contributed by atoms with E-state index in [0.29, 0.717) is 18.5 Å². The van der Waals surface area contributed by atoms with Crippen LogP contribution in [0.1, 0.15) is 22.3 Å². The second-order valence-corrected chi connectivity index (χ2v) is 4.47. The SMILES string of the molecule is Cc1cc(NCC(=O)N(C)CCC#N)ccc1C(N)=O. The average Bonchev–Trinajstić information content (AvgIpc) is 2.41. The molecular formula is C14H18N4O2. The number of primary amides is 1. The monoisotopic (exact) mass is 274 g/mol. The van der Waals surface area contributed by atoms with Crippen molar-refractivity contribution in [2.45, 2.75) is 13.3 Å². The molecule has 106 valence electrons. The van der Waals surface area contributed by atoms with Crippen molar-refractivity contribution in [1.82, 2.24) is 4.90 Å². The molecule has 0 atom stereocenters. The number of rotatable bonds is 6. The second kappa shape index (κ2) is 7.14. The summed E-state index contributed by atoms with van der Waals surface area (Å²) in [5, 5.41) is 11.4. The highest BCUT2D eigenvalue weighted by atomic mass is 16.2. The van der Waals surface area contributed by atoms with Crippen LogP contribution < -0.4 is 11.1 Å². The number of benzene rings is 1. The number of amides is 2. The molecule has 6 heteroatoms. The minimum atomic E-state index is -0.471. The molecule has 20 heavy (non-hydrogen) atoms. The molecule has 0 aliphatic rings. The zero-order valence-corrected chi connectivity index (χ0v) is 11.6. The standard InChI is InChI=1S/C14H18N4O2/c1-10-8-11(4-5-12(10)14(16)20)17-9-13(19)18(2)7-3-6-15/h4-5,8,17H,3,7,9H2,1-2H3,(H2,16,20). The lowest BCUT2D eigenvalue weighted by Gasteiger charge is -2.16. The fourth-order valence-electron chi connectivity index (χ4n) is 1.71. The molecule has 3 N–H and O–H groups in total. The van der Waals surface area contributed by atoms with Gasteiger partial charge < -0.3 is 16.0 Å².